The maximum atomic E-state index is 13.4. The fraction of sp³-hybridized carbons (Fsp3) is 0.125. The highest BCUT2D eigenvalue weighted by Gasteiger charge is 2.15. The molecular formula is C16H14F2N2O3. The number of hydrogen-bond donors (Lipinski definition) is 2. The van der Waals surface area contributed by atoms with Crippen LogP contribution in [-0.2, 0) is 9.59 Å². The van der Waals surface area contributed by atoms with Gasteiger partial charge in [0.05, 0.1) is 7.11 Å². The van der Waals surface area contributed by atoms with E-state index in [1.165, 1.54) is 13.2 Å². The van der Waals surface area contributed by atoms with Gasteiger partial charge in [0, 0.05) is 11.8 Å². The van der Waals surface area contributed by atoms with Gasteiger partial charge in [-0.05, 0) is 24.3 Å². The summed E-state index contributed by atoms with van der Waals surface area (Å²) in [5.74, 6) is -2.72. The first-order chi connectivity index (χ1) is 11.0. The Kier molecular flexibility index (Phi) is 5.24. The molecule has 7 heteroatoms. The number of hydrogen-bond acceptors (Lipinski definition) is 3. The Morgan fingerprint density at radius 2 is 1.61 bits per heavy atom. The number of rotatable bonds is 5. The van der Waals surface area contributed by atoms with Crippen LogP contribution in [-0.4, -0.2) is 18.9 Å². The molecule has 2 aromatic rings. The third-order valence-electron chi connectivity index (χ3n) is 2.90. The van der Waals surface area contributed by atoms with E-state index in [0.29, 0.717) is 11.4 Å². The van der Waals surface area contributed by atoms with Crippen LogP contribution >= 0.6 is 0 Å². The number of carbonyl (C=O) groups excluding carboxylic acids is 2. The van der Waals surface area contributed by atoms with Crippen LogP contribution in [0.25, 0.3) is 0 Å². The van der Waals surface area contributed by atoms with Crippen LogP contribution in [0.4, 0.5) is 20.2 Å². The lowest BCUT2D eigenvalue weighted by molar-refractivity contribution is -0.123. The SMILES string of the molecule is COc1cccc(NC(=O)CC(=O)Nc2c(F)cccc2F)c1. The van der Waals surface area contributed by atoms with Crippen molar-refractivity contribution in [3.05, 3.63) is 54.1 Å². The maximum Gasteiger partial charge on any atom is 0.233 e. The molecule has 2 aromatic carbocycles. The maximum absolute atomic E-state index is 13.4. The average molecular weight is 320 g/mol. The molecule has 0 aromatic heterocycles. The standard InChI is InChI=1S/C16H14F2N2O3/c1-23-11-5-2-4-10(8-11)19-14(21)9-15(22)20-16-12(17)6-3-7-13(16)18/h2-8H,9H2,1H3,(H,19,21)(H,20,22). The predicted octanol–water partition coefficient (Wildman–Crippen LogP) is 2.94. The largest absolute Gasteiger partial charge is 0.497 e. The van der Waals surface area contributed by atoms with Crippen molar-refractivity contribution in [2.45, 2.75) is 6.42 Å². The van der Waals surface area contributed by atoms with Gasteiger partial charge < -0.3 is 15.4 Å². The van der Waals surface area contributed by atoms with Gasteiger partial charge in [0.25, 0.3) is 0 Å². The monoisotopic (exact) mass is 320 g/mol. The number of anilines is 2. The van der Waals surface area contributed by atoms with E-state index < -0.39 is 35.6 Å². The van der Waals surface area contributed by atoms with Crippen LogP contribution in [0.5, 0.6) is 5.75 Å². The number of para-hydroxylation sites is 1. The molecule has 0 unspecified atom stereocenters. The number of ether oxygens (including phenoxy) is 1. The van der Waals surface area contributed by atoms with E-state index in [1.54, 1.807) is 24.3 Å². The van der Waals surface area contributed by atoms with Crippen LogP contribution in [0.3, 0.4) is 0 Å². The lowest BCUT2D eigenvalue weighted by atomic mass is 10.2. The zero-order chi connectivity index (χ0) is 16.8. The summed E-state index contributed by atoms with van der Waals surface area (Å²) in [6.07, 6.45) is -0.578. The lowest BCUT2D eigenvalue weighted by Crippen LogP contribution is -2.22. The number of amides is 2. The third kappa shape index (κ3) is 4.50. The number of nitrogens with one attached hydrogen (secondary N) is 2. The van der Waals surface area contributed by atoms with Crippen molar-refractivity contribution in [2.24, 2.45) is 0 Å². The molecule has 0 spiro atoms. The quantitative estimate of drug-likeness (QED) is 0.832. The van der Waals surface area contributed by atoms with Crippen molar-refractivity contribution >= 4 is 23.2 Å². The molecular weight excluding hydrogens is 306 g/mol. The predicted molar refractivity (Wildman–Crippen MR) is 81.2 cm³/mol. The first-order valence-corrected chi connectivity index (χ1v) is 6.67. The summed E-state index contributed by atoms with van der Waals surface area (Å²) in [5.41, 5.74) is -0.133. The van der Waals surface area contributed by atoms with Gasteiger partial charge in [0.1, 0.15) is 29.5 Å². The Hall–Kier alpha value is -2.96. The van der Waals surface area contributed by atoms with Crippen molar-refractivity contribution in [1.29, 1.82) is 0 Å². The molecule has 5 nitrogen and oxygen atoms in total. The van der Waals surface area contributed by atoms with Crippen molar-refractivity contribution in [2.75, 3.05) is 17.7 Å². The smallest absolute Gasteiger partial charge is 0.233 e. The van der Waals surface area contributed by atoms with E-state index in [4.69, 9.17) is 4.74 Å². The van der Waals surface area contributed by atoms with Gasteiger partial charge in [-0.2, -0.15) is 0 Å². The minimum atomic E-state index is -0.911. The van der Waals surface area contributed by atoms with E-state index in [-0.39, 0.29) is 0 Å². The molecule has 0 atom stereocenters. The number of benzene rings is 2. The van der Waals surface area contributed by atoms with Gasteiger partial charge in [-0.25, -0.2) is 8.78 Å². The van der Waals surface area contributed by atoms with Gasteiger partial charge >= 0.3 is 0 Å². The highest BCUT2D eigenvalue weighted by molar-refractivity contribution is 6.08. The summed E-state index contributed by atoms with van der Waals surface area (Å²) in [6, 6.07) is 9.76. The molecule has 2 rings (SSSR count). The second-order valence-corrected chi connectivity index (χ2v) is 4.60. The molecule has 0 radical (unpaired) electrons. The highest BCUT2D eigenvalue weighted by atomic mass is 19.1. The Labute approximate surface area is 131 Å². The van der Waals surface area contributed by atoms with Crippen molar-refractivity contribution < 1.29 is 23.1 Å². The van der Waals surface area contributed by atoms with Gasteiger partial charge in [-0.1, -0.05) is 12.1 Å². The number of halogens is 2. The van der Waals surface area contributed by atoms with Crippen LogP contribution in [0.1, 0.15) is 6.42 Å². The fourth-order valence-corrected chi connectivity index (χ4v) is 1.85. The minimum absolute atomic E-state index is 0.444. The van der Waals surface area contributed by atoms with Crippen LogP contribution < -0.4 is 15.4 Å². The summed E-state index contributed by atoms with van der Waals surface area (Å²) < 4.78 is 31.8. The molecule has 120 valence electrons. The van der Waals surface area contributed by atoms with E-state index in [2.05, 4.69) is 5.32 Å². The van der Waals surface area contributed by atoms with Crippen LogP contribution in [0.2, 0.25) is 0 Å². The molecule has 2 amide bonds. The summed E-state index contributed by atoms with van der Waals surface area (Å²) in [6.45, 7) is 0. The van der Waals surface area contributed by atoms with Crippen LogP contribution in [0.15, 0.2) is 42.5 Å². The number of carbonyl (C=O) groups is 2. The third-order valence-corrected chi connectivity index (χ3v) is 2.90. The zero-order valence-electron chi connectivity index (χ0n) is 12.2. The summed E-state index contributed by atoms with van der Waals surface area (Å²) in [7, 11) is 1.48. The second kappa shape index (κ2) is 7.35. The lowest BCUT2D eigenvalue weighted by Gasteiger charge is -2.09. The van der Waals surface area contributed by atoms with Gasteiger partial charge in [-0.15, -0.1) is 0 Å². The normalized spacial score (nSPS) is 10.0. The van der Waals surface area contributed by atoms with E-state index in [1.807, 2.05) is 5.32 Å². The van der Waals surface area contributed by atoms with E-state index in [9.17, 15) is 18.4 Å². The van der Waals surface area contributed by atoms with Crippen LogP contribution in [0, 0.1) is 11.6 Å². The zero-order valence-corrected chi connectivity index (χ0v) is 12.2. The molecule has 0 aliphatic carbocycles. The molecule has 0 saturated heterocycles. The Balaban J connectivity index is 1.96. The molecule has 0 fully saturated rings. The van der Waals surface area contributed by atoms with Gasteiger partial charge in [0.2, 0.25) is 11.8 Å². The Bertz CT molecular complexity index is 715. The molecule has 0 saturated carbocycles. The van der Waals surface area contributed by atoms with Crippen molar-refractivity contribution in [3.63, 3.8) is 0 Å². The molecule has 0 heterocycles. The van der Waals surface area contributed by atoms with E-state index >= 15 is 0 Å². The second-order valence-electron chi connectivity index (χ2n) is 4.60. The Morgan fingerprint density at radius 3 is 2.26 bits per heavy atom. The van der Waals surface area contributed by atoms with Crippen molar-refractivity contribution in [3.8, 4) is 5.75 Å². The fourth-order valence-electron chi connectivity index (χ4n) is 1.85. The first kappa shape index (κ1) is 16.4. The van der Waals surface area contributed by atoms with E-state index in [0.717, 1.165) is 12.1 Å². The molecule has 0 aliphatic rings. The summed E-state index contributed by atoms with van der Waals surface area (Å²) in [5, 5.41) is 4.54. The highest BCUT2D eigenvalue weighted by Crippen LogP contribution is 2.19. The topological polar surface area (TPSA) is 67.4 Å². The molecule has 2 N–H and O–H groups in total. The molecule has 23 heavy (non-hydrogen) atoms. The number of methoxy groups -OCH3 is 1. The molecule has 0 bridgehead atoms. The Morgan fingerprint density at radius 1 is 1.00 bits per heavy atom. The van der Waals surface area contributed by atoms with Gasteiger partial charge in [-0.3, -0.25) is 9.59 Å². The summed E-state index contributed by atoms with van der Waals surface area (Å²) >= 11 is 0. The average Bonchev–Trinajstić information content (AvgIpc) is 2.51. The van der Waals surface area contributed by atoms with Gasteiger partial charge in [0.15, 0.2) is 0 Å². The summed E-state index contributed by atoms with van der Waals surface area (Å²) in [4.78, 5) is 23.5. The molecule has 0 aliphatic heterocycles. The van der Waals surface area contributed by atoms with Crippen molar-refractivity contribution in [1.82, 2.24) is 0 Å². The first-order valence-electron chi connectivity index (χ1n) is 6.67. The minimum Gasteiger partial charge on any atom is -0.497 e.